The van der Waals surface area contributed by atoms with E-state index >= 15 is 0 Å². The van der Waals surface area contributed by atoms with E-state index in [2.05, 4.69) is 0 Å². The first-order valence-electron chi connectivity index (χ1n) is 6.93. The summed E-state index contributed by atoms with van der Waals surface area (Å²) < 4.78 is 5.60. The summed E-state index contributed by atoms with van der Waals surface area (Å²) in [4.78, 5) is 13.7. The highest BCUT2D eigenvalue weighted by atomic mass is 16.5. The Morgan fingerprint density at radius 2 is 2.00 bits per heavy atom. The molecule has 0 unspecified atom stereocenters. The summed E-state index contributed by atoms with van der Waals surface area (Å²) in [6.07, 6.45) is 0. The number of amides is 1. The molecule has 0 radical (unpaired) electrons. The molecule has 0 aliphatic rings. The molecule has 4 nitrogen and oxygen atoms in total. The van der Waals surface area contributed by atoms with Crippen LogP contribution in [0.15, 0.2) is 18.2 Å². The number of likely N-dealkylation sites (N-methyl/N-ethyl adjacent to an activating group) is 1. The third kappa shape index (κ3) is 4.85. The zero-order valence-corrected chi connectivity index (χ0v) is 13.1. The number of rotatable bonds is 6. The predicted octanol–water partition coefficient (Wildman–Crippen LogP) is 2.30. The number of aryl methyl sites for hydroxylation is 1. The average molecular weight is 279 g/mol. The van der Waals surface area contributed by atoms with Gasteiger partial charge in [-0.2, -0.15) is 0 Å². The molecule has 1 N–H and O–H groups in total. The number of aliphatic hydroxyl groups is 1. The smallest absolute Gasteiger partial charge is 0.260 e. The van der Waals surface area contributed by atoms with E-state index in [1.165, 1.54) is 0 Å². The summed E-state index contributed by atoms with van der Waals surface area (Å²) in [5, 5.41) is 9.80. The van der Waals surface area contributed by atoms with Gasteiger partial charge >= 0.3 is 0 Å². The van der Waals surface area contributed by atoms with E-state index in [0.29, 0.717) is 13.1 Å². The van der Waals surface area contributed by atoms with E-state index in [9.17, 15) is 9.90 Å². The van der Waals surface area contributed by atoms with Crippen molar-refractivity contribution in [2.75, 3.05) is 19.7 Å². The Kier molecular flexibility index (Phi) is 5.57. The zero-order chi connectivity index (χ0) is 15.3. The number of ether oxygens (including phenoxy) is 1. The summed E-state index contributed by atoms with van der Waals surface area (Å²) in [5.74, 6) is 0.619. The van der Waals surface area contributed by atoms with Crippen LogP contribution in [0, 0.1) is 13.8 Å². The van der Waals surface area contributed by atoms with E-state index in [1.807, 2.05) is 39.0 Å². The molecular formula is C16H25NO3. The van der Waals surface area contributed by atoms with Gasteiger partial charge in [0, 0.05) is 13.1 Å². The minimum Gasteiger partial charge on any atom is -0.483 e. The highest BCUT2D eigenvalue weighted by molar-refractivity contribution is 5.77. The van der Waals surface area contributed by atoms with Crippen molar-refractivity contribution < 1.29 is 14.6 Å². The van der Waals surface area contributed by atoms with Gasteiger partial charge in [0.2, 0.25) is 0 Å². The second kappa shape index (κ2) is 6.75. The number of nitrogens with zero attached hydrogens (tertiary/aromatic N) is 1. The predicted molar refractivity (Wildman–Crippen MR) is 80.0 cm³/mol. The number of hydrogen-bond acceptors (Lipinski definition) is 3. The van der Waals surface area contributed by atoms with Gasteiger partial charge in [0.1, 0.15) is 5.75 Å². The van der Waals surface area contributed by atoms with Crippen LogP contribution >= 0.6 is 0 Å². The first-order chi connectivity index (χ1) is 9.24. The van der Waals surface area contributed by atoms with Gasteiger partial charge in [0.25, 0.3) is 5.91 Å². The summed E-state index contributed by atoms with van der Waals surface area (Å²) in [6, 6.07) is 5.79. The third-order valence-electron chi connectivity index (χ3n) is 3.22. The molecule has 0 aromatic heterocycles. The van der Waals surface area contributed by atoms with Crippen molar-refractivity contribution >= 4 is 5.91 Å². The molecule has 0 saturated carbocycles. The van der Waals surface area contributed by atoms with E-state index in [4.69, 9.17) is 4.74 Å². The Morgan fingerprint density at radius 3 is 2.55 bits per heavy atom. The molecule has 0 heterocycles. The normalized spacial score (nSPS) is 11.3. The second-order valence-corrected chi connectivity index (χ2v) is 5.71. The quantitative estimate of drug-likeness (QED) is 0.869. The first kappa shape index (κ1) is 16.5. The molecule has 20 heavy (non-hydrogen) atoms. The molecule has 0 aliphatic carbocycles. The van der Waals surface area contributed by atoms with Crippen LogP contribution in [0.2, 0.25) is 0 Å². The molecule has 0 saturated heterocycles. The maximum atomic E-state index is 12.1. The van der Waals surface area contributed by atoms with E-state index < -0.39 is 5.60 Å². The molecule has 112 valence electrons. The molecule has 1 rings (SSSR count). The highest BCUT2D eigenvalue weighted by Gasteiger charge is 2.21. The summed E-state index contributed by atoms with van der Waals surface area (Å²) in [5.41, 5.74) is 1.29. The lowest BCUT2D eigenvalue weighted by molar-refractivity contribution is -0.136. The topological polar surface area (TPSA) is 49.8 Å². The summed E-state index contributed by atoms with van der Waals surface area (Å²) >= 11 is 0. The van der Waals surface area contributed by atoms with Crippen LogP contribution in [0.1, 0.15) is 31.9 Å². The molecule has 0 bridgehead atoms. The highest BCUT2D eigenvalue weighted by Crippen LogP contribution is 2.20. The van der Waals surface area contributed by atoms with Gasteiger partial charge in [0.05, 0.1) is 5.60 Å². The van der Waals surface area contributed by atoms with Crippen LogP contribution in [-0.2, 0) is 4.79 Å². The van der Waals surface area contributed by atoms with Gasteiger partial charge in [-0.25, -0.2) is 0 Å². The minimum absolute atomic E-state index is 0.00574. The van der Waals surface area contributed by atoms with Crippen LogP contribution in [0.5, 0.6) is 5.75 Å². The van der Waals surface area contributed by atoms with E-state index in [1.54, 1.807) is 18.7 Å². The van der Waals surface area contributed by atoms with Gasteiger partial charge in [-0.3, -0.25) is 4.79 Å². The number of carbonyl (C=O) groups is 1. The van der Waals surface area contributed by atoms with Crippen molar-refractivity contribution in [1.29, 1.82) is 0 Å². The Bertz CT molecular complexity index is 463. The SMILES string of the molecule is CCN(CC(C)(C)O)C(=O)COc1cccc(C)c1C. The lowest BCUT2D eigenvalue weighted by Crippen LogP contribution is -2.44. The number of carbonyl (C=O) groups excluding carboxylic acids is 1. The summed E-state index contributed by atoms with van der Waals surface area (Å²) in [6.45, 7) is 10.1. The fraction of sp³-hybridized carbons (Fsp3) is 0.562. The van der Waals surface area contributed by atoms with Crippen LogP contribution in [0.3, 0.4) is 0 Å². The maximum absolute atomic E-state index is 12.1. The monoisotopic (exact) mass is 279 g/mol. The Labute approximate surface area is 121 Å². The molecule has 1 aromatic rings. The zero-order valence-electron chi connectivity index (χ0n) is 13.1. The number of hydrogen-bond donors (Lipinski definition) is 1. The molecule has 1 amide bonds. The first-order valence-corrected chi connectivity index (χ1v) is 6.93. The van der Waals surface area contributed by atoms with Crippen molar-refractivity contribution in [1.82, 2.24) is 4.90 Å². The Morgan fingerprint density at radius 1 is 1.35 bits per heavy atom. The van der Waals surface area contributed by atoms with Crippen molar-refractivity contribution in [2.24, 2.45) is 0 Å². The van der Waals surface area contributed by atoms with E-state index in [0.717, 1.165) is 16.9 Å². The van der Waals surface area contributed by atoms with Gasteiger partial charge < -0.3 is 14.7 Å². The minimum atomic E-state index is -0.898. The molecule has 1 aromatic carbocycles. The van der Waals surface area contributed by atoms with Crippen LogP contribution in [0.25, 0.3) is 0 Å². The Hall–Kier alpha value is -1.55. The molecule has 0 aliphatic heterocycles. The van der Waals surface area contributed by atoms with Crippen molar-refractivity contribution in [3.8, 4) is 5.75 Å². The Balaban J connectivity index is 2.64. The van der Waals surface area contributed by atoms with Gasteiger partial charge in [-0.05, 0) is 51.8 Å². The molecule has 0 spiro atoms. The second-order valence-electron chi connectivity index (χ2n) is 5.71. The van der Waals surface area contributed by atoms with Crippen molar-refractivity contribution in [2.45, 2.75) is 40.2 Å². The van der Waals surface area contributed by atoms with Gasteiger partial charge in [0.15, 0.2) is 6.61 Å². The van der Waals surface area contributed by atoms with Crippen LogP contribution in [0.4, 0.5) is 0 Å². The van der Waals surface area contributed by atoms with Gasteiger partial charge in [-0.15, -0.1) is 0 Å². The third-order valence-corrected chi connectivity index (χ3v) is 3.22. The number of benzene rings is 1. The fourth-order valence-electron chi connectivity index (χ4n) is 1.95. The molecular weight excluding hydrogens is 254 g/mol. The fourth-order valence-corrected chi connectivity index (χ4v) is 1.95. The average Bonchev–Trinajstić information content (AvgIpc) is 2.36. The molecule has 0 atom stereocenters. The molecule has 4 heteroatoms. The maximum Gasteiger partial charge on any atom is 0.260 e. The summed E-state index contributed by atoms with van der Waals surface area (Å²) in [7, 11) is 0. The molecule has 0 fully saturated rings. The van der Waals surface area contributed by atoms with Crippen molar-refractivity contribution in [3.05, 3.63) is 29.3 Å². The lowest BCUT2D eigenvalue weighted by atomic mass is 10.1. The lowest BCUT2D eigenvalue weighted by Gasteiger charge is -2.28. The van der Waals surface area contributed by atoms with Gasteiger partial charge in [-0.1, -0.05) is 12.1 Å². The largest absolute Gasteiger partial charge is 0.483 e. The standard InChI is InChI=1S/C16H25NO3/c1-6-17(11-16(4,5)19)15(18)10-20-14-9-7-8-12(2)13(14)3/h7-9,19H,6,10-11H2,1-5H3. The van der Waals surface area contributed by atoms with Crippen molar-refractivity contribution in [3.63, 3.8) is 0 Å². The van der Waals surface area contributed by atoms with Crippen LogP contribution in [-0.4, -0.2) is 41.2 Å². The van der Waals surface area contributed by atoms with Crippen LogP contribution < -0.4 is 4.74 Å². The van der Waals surface area contributed by atoms with E-state index in [-0.39, 0.29) is 12.5 Å².